The molecule has 7 aromatic rings. The maximum absolute atomic E-state index is 5.48. The van der Waals surface area contributed by atoms with E-state index in [9.17, 15) is 0 Å². The van der Waals surface area contributed by atoms with Gasteiger partial charge in [0.2, 0.25) is 0 Å². The maximum atomic E-state index is 5.48. The summed E-state index contributed by atoms with van der Waals surface area (Å²) in [7, 11) is 0. The maximum Gasteiger partial charge on any atom is 2.00 e. The predicted octanol–water partition coefficient (Wildman–Crippen LogP) is 13.8. The van der Waals surface area contributed by atoms with Crippen LogP contribution in [0.25, 0.3) is 90.9 Å². The molecule has 3 aromatic heterocycles. The van der Waals surface area contributed by atoms with Crippen molar-refractivity contribution in [3.05, 3.63) is 161 Å². The summed E-state index contributed by atoms with van der Waals surface area (Å²) in [5.41, 5.74) is 22.5. The van der Waals surface area contributed by atoms with Crippen LogP contribution in [0.15, 0.2) is 102 Å². The van der Waals surface area contributed by atoms with Gasteiger partial charge in [-0.15, -0.1) is 22.1 Å². The Morgan fingerprint density at radius 2 is 0.737 bits per heavy atom. The van der Waals surface area contributed by atoms with Crippen LogP contribution in [0.4, 0.5) is 0 Å². The smallest absolute Gasteiger partial charge is 0.657 e. The Labute approximate surface area is 368 Å². The molecule has 5 heterocycles. The molecule has 4 nitrogen and oxygen atoms in total. The molecule has 0 amide bonds. The van der Waals surface area contributed by atoms with E-state index in [1.165, 1.54) is 37.0 Å². The van der Waals surface area contributed by atoms with E-state index < -0.39 is 0 Å². The van der Waals surface area contributed by atoms with E-state index in [2.05, 4.69) is 201 Å². The molecule has 0 saturated heterocycles. The quantitative estimate of drug-likeness (QED) is 0.130. The van der Waals surface area contributed by atoms with Gasteiger partial charge >= 0.3 is 19.5 Å². The fourth-order valence-electron chi connectivity index (χ4n) is 8.57. The molecule has 0 saturated carbocycles. The number of halogens is 2. The zero-order valence-corrected chi connectivity index (χ0v) is 39.5. The van der Waals surface area contributed by atoms with Crippen LogP contribution in [0.2, 0.25) is 0 Å². The molecule has 0 spiro atoms. The molecule has 8 bridgehead atoms. The van der Waals surface area contributed by atoms with Gasteiger partial charge in [-0.05, 0) is 179 Å². The van der Waals surface area contributed by atoms with Crippen molar-refractivity contribution in [2.45, 2.75) is 41.5 Å². The molecular formula is C50H38BrIN4Zn. The van der Waals surface area contributed by atoms with Crippen molar-refractivity contribution in [2.75, 3.05) is 0 Å². The van der Waals surface area contributed by atoms with Crippen molar-refractivity contribution in [1.29, 1.82) is 0 Å². The minimum Gasteiger partial charge on any atom is -0.657 e. The molecule has 0 radical (unpaired) electrons. The second kappa shape index (κ2) is 15.6. The van der Waals surface area contributed by atoms with Gasteiger partial charge < -0.3 is 9.97 Å². The molecule has 7 heteroatoms. The molecule has 0 N–H and O–H groups in total. The first-order valence-electron chi connectivity index (χ1n) is 18.8. The van der Waals surface area contributed by atoms with E-state index in [1.54, 1.807) is 0 Å². The van der Waals surface area contributed by atoms with Crippen molar-refractivity contribution in [3.63, 3.8) is 0 Å². The van der Waals surface area contributed by atoms with Crippen LogP contribution in [0.5, 0.6) is 0 Å². The third-order valence-electron chi connectivity index (χ3n) is 10.7. The van der Waals surface area contributed by atoms with Gasteiger partial charge in [0.05, 0.1) is 22.8 Å². The molecule has 0 fully saturated rings. The minimum atomic E-state index is 0. The zero-order chi connectivity index (χ0) is 38.8. The topological polar surface area (TPSA) is 54.0 Å². The number of benzene rings is 4. The second-order valence-electron chi connectivity index (χ2n) is 14.9. The molecule has 9 rings (SSSR count). The summed E-state index contributed by atoms with van der Waals surface area (Å²) in [6, 6.07) is 34.6. The second-order valence-corrected chi connectivity index (χ2v) is 17.1. The van der Waals surface area contributed by atoms with E-state index in [1.807, 2.05) is 0 Å². The SMILES string of the molecule is Cc1cc(C)c(-c2c3nc(c(-c4ccc(I)cc4)c4ccc([n-]4)c(-c4c(C)cc(C)cc4C)c4nc(c(-c5ccc(Br)cc5)c5ccc2[n-]5)C=C4)C=C3)c(C)c1.[Zn+2]. The Hall–Kier alpha value is -4.69. The van der Waals surface area contributed by atoms with E-state index in [4.69, 9.17) is 19.9 Å². The number of aryl methyl sites for hydroxylation is 6. The van der Waals surface area contributed by atoms with Gasteiger partial charge in [0.1, 0.15) is 0 Å². The van der Waals surface area contributed by atoms with Crippen molar-refractivity contribution in [1.82, 2.24) is 19.9 Å². The number of hydrogen-bond acceptors (Lipinski definition) is 2. The summed E-state index contributed by atoms with van der Waals surface area (Å²) >= 11 is 6.02. The van der Waals surface area contributed by atoms with E-state index in [-0.39, 0.29) is 19.5 Å². The van der Waals surface area contributed by atoms with Crippen LogP contribution in [0.1, 0.15) is 56.2 Å². The number of rotatable bonds is 4. The standard InChI is InChI=1S/C50H38BrIN4.Zn/c1-27-23-29(3)45(30(4)24-27)49-41-19-15-37(53-41)47(33-7-11-35(51)12-8-33)38-16-20-42(54-38)50(46-31(5)25-28(2)26-32(46)6)44-22-18-40(56-44)48(39-17-21-43(49)55-39)34-9-13-36(52)14-10-34;/h7-26H,1-6H3;/q-2;+2. The molecule has 0 aliphatic carbocycles. The van der Waals surface area contributed by atoms with Crippen molar-refractivity contribution in [3.8, 4) is 44.5 Å². The van der Waals surface area contributed by atoms with E-state index in [0.717, 1.165) is 93.8 Å². The minimum absolute atomic E-state index is 0. The molecule has 2 aliphatic rings. The van der Waals surface area contributed by atoms with E-state index >= 15 is 0 Å². The average molecular weight is 967 g/mol. The third kappa shape index (κ3) is 7.24. The Bertz CT molecular complexity index is 2740. The van der Waals surface area contributed by atoms with Crippen molar-refractivity contribution in [2.24, 2.45) is 0 Å². The number of fused-ring (bicyclic) bond motifs is 8. The van der Waals surface area contributed by atoms with E-state index in [0.29, 0.717) is 0 Å². The summed E-state index contributed by atoms with van der Waals surface area (Å²) in [5, 5.41) is 0. The molecule has 2 aliphatic heterocycles. The first-order valence-corrected chi connectivity index (χ1v) is 20.6. The molecule has 274 valence electrons. The zero-order valence-electron chi connectivity index (χ0n) is 32.8. The Morgan fingerprint density at radius 1 is 0.421 bits per heavy atom. The fourth-order valence-corrected chi connectivity index (χ4v) is 9.20. The Morgan fingerprint density at radius 3 is 1.11 bits per heavy atom. The van der Waals surface area contributed by atoms with Crippen LogP contribution in [0.3, 0.4) is 0 Å². The van der Waals surface area contributed by atoms with Crippen molar-refractivity contribution >= 4 is 84.9 Å². The summed E-state index contributed by atoms with van der Waals surface area (Å²) in [6.45, 7) is 13.1. The largest absolute Gasteiger partial charge is 2.00 e. The molecular weight excluding hydrogens is 929 g/mol. The van der Waals surface area contributed by atoms with Gasteiger partial charge in [-0.3, -0.25) is 0 Å². The number of hydrogen-bond donors (Lipinski definition) is 0. The molecule has 0 unspecified atom stereocenters. The van der Waals surface area contributed by atoms with Gasteiger partial charge in [-0.2, -0.15) is 0 Å². The van der Waals surface area contributed by atoms with Crippen LogP contribution in [-0.2, 0) is 19.5 Å². The Balaban J connectivity index is 0.00000455. The number of nitrogens with zero attached hydrogens (tertiary/aromatic N) is 4. The van der Waals surface area contributed by atoms with Crippen LogP contribution < -0.4 is 9.97 Å². The van der Waals surface area contributed by atoms with Gasteiger partial charge in [0.25, 0.3) is 0 Å². The fraction of sp³-hybridized carbons (Fsp3) is 0.120. The van der Waals surface area contributed by atoms with Crippen LogP contribution in [0, 0.1) is 45.1 Å². The first kappa shape index (κ1) is 39.2. The van der Waals surface area contributed by atoms with Crippen LogP contribution in [-0.4, -0.2) is 9.97 Å². The van der Waals surface area contributed by atoms with Crippen molar-refractivity contribution < 1.29 is 19.5 Å². The molecule has 0 atom stereocenters. The summed E-state index contributed by atoms with van der Waals surface area (Å²) in [5.74, 6) is 0. The van der Waals surface area contributed by atoms with Gasteiger partial charge in [0.15, 0.2) is 0 Å². The van der Waals surface area contributed by atoms with Gasteiger partial charge in [-0.1, -0.05) is 99.9 Å². The number of aromatic nitrogens is 4. The first-order chi connectivity index (χ1) is 27.0. The summed E-state index contributed by atoms with van der Waals surface area (Å²) in [4.78, 5) is 21.9. The average Bonchev–Trinajstić information content (AvgIpc) is 3.99. The van der Waals surface area contributed by atoms with Crippen LogP contribution >= 0.6 is 38.5 Å². The van der Waals surface area contributed by atoms with Gasteiger partial charge in [0, 0.05) is 8.04 Å². The summed E-state index contributed by atoms with van der Waals surface area (Å²) in [6.07, 6.45) is 8.56. The molecule has 4 aromatic carbocycles. The van der Waals surface area contributed by atoms with Gasteiger partial charge in [-0.25, -0.2) is 9.97 Å². The third-order valence-corrected chi connectivity index (χ3v) is 12.0. The summed E-state index contributed by atoms with van der Waals surface area (Å²) < 4.78 is 2.19. The normalized spacial score (nSPS) is 11.9. The predicted molar refractivity (Wildman–Crippen MR) is 247 cm³/mol. The monoisotopic (exact) mass is 964 g/mol. The Kier molecular flexibility index (Phi) is 10.7. The molecule has 57 heavy (non-hydrogen) atoms.